The third-order valence-electron chi connectivity index (χ3n) is 6.14. The molecular weight excluding hydrogens is 402 g/mol. The number of nitrogens with one attached hydrogen (secondary N) is 2. The molecule has 2 aromatic carbocycles. The summed E-state index contributed by atoms with van der Waals surface area (Å²) in [6, 6.07) is 15.7. The van der Waals surface area contributed by atoms with Gasteiger partial charge in [0.15, 0.2) is 0 Å². The van der Waals surface area contributed by atoms with Gasteiger partial charge in [-0.1, -0.05) is 42.5 Å². The lowest BCUT2D eigenvalue weighted by Crippen LogP contribution is -2.41. The van der Waals surface area contributed by atoms with Crippen LogP contribution in [0.1, 0.15) is 29.5 Å². The SMILES string of the molecule is Cc1ccccc1Cn1cc(NC(=O)C2CCC(=O)N2Cc2c[nH]c3ccccc23)cn1. The molecule has 1 fully saturated rings. The molecule has 2 N–H and O–H groups in total. The molecule has 0 saturated carbocycles. The van der Waals surface area contributed by atoms with Gasteiger partial charge in [-0.05, 0) is 36.1 Å². The molecule has 0 spiro atoms. The first kappa shape index (κ1) is 20.1. The highest BCUT2D eigenvalue weighted by molar-refractivity contribution is 5.99. The van der Waals surface area contributed by atoms with Gasteiger partial charge in [-0.2, -0.15) is 5.10 Å². The average molecular weight is 428 g/mol. The third-order valence-corrected chi connectivity index (χ3v) is 6.14. The van der Waals surface area contributed by atoms with Crippen LogP contribution in [0.4, 0.5) is 5.69 Å². The van der Waals surface area contributed by atoms with Gasteiger partial charge in [-0.25, -0.2) is 0 Å². The highest BCUT2D eigenvalue weighted by atomic mass is 16.2. The molecule has 3 heterocycles. The summed E-state index contributed by atoms with van der Waals surface area (Å²) in [5.41, 5.74) is 5.05. The van der Waals surface area contributed by atoms with Crippen molar-refractivity contribution >= 4 is 28.4 Å². The quantitative estimate of drug-likeness (QED) is 0.490. The molecular formula is C25H25N5O2. The normalized spacial score (nSPS) is 16.1. The second-order valence-electron chi connectivity index (χ2n) is 8.28. The van der Waals surface area contributed by atoms with Crippen LogP contribution in [0.2, 0.25) is 0 Å². The summed E-state index contributed by atoms with van der Waals surface area (Å²) < 4.78 is 1.81. The van der Waals surface area contributed by atoms with Crippen LogP contribution in [0, 0.1) is 6.92 Å². The highest BCUT2D eigenvalue weighted by Crippen LogP contribution is 2.26. The van der Waals surface area contributed by atoms with E-state index in [0.717, 1.165) is 16.5 Å². The van der Waals surface area contributed by atoms with Crippen molar-refractivity contribution in [2.24, 2.45) is 0 Å². The number of hydrogen-bond acceptors (Lipinski definition) is 3. The maximum atomic E-state index is 13.0. The molecule has 1 unspecified atom stereocenters. The topological polar surface area (TPSA) is 83.0 Å². The van der Waals surface area contributed by atoms with Crippen LogP contribution >= 0.6 is 0 Å². The van der Waals surface area contributed by atoms with Gasteiger partial charge in [0.05, 0.1) is 18.4 Å². The number of aromatic amines is 1. The van der Waals surface area contributed by atoms with Gasteiger partial charge >= 0.3 is 0 Å². The number of anilines is 1. The van der Waals surface area contributed by atoms with E-state index >= 15 is 0 Å². The Morgan fingerprint density at radius 2 is 1.94 bits per heavy atom. The van der Waals surface area contributed by atoms with Gasteiger partial charge in [0, 0.05) is 36.3 Å². The van der Waals surface area contributed by atoms with Crippen molar-refractivity contribution in [1.82, 2.24) is 19.7 Å². The zero-order valence-corrected chi connectivity index (χ0v) is 17.9. The summed E-state index contributed by atoms with van der Waals surface area (Å²) in [5, 5.41) is 8.40. The van der Waals surface area contributed by atoms with Gasteiger partial charge in [0.1, 0.15) is 6.04 Å². The fraction of sp³-hybridized carbons (Fsp3) is 0.240. The number of hydrogen-bond donors (Lipinski definition) is 2. The number of carbonyl (C=O) groups excluding carboxylic acids is 2. The first-order valence-electron chi connectivity index (χ1n) is 10.8. The first-order chi connectivity index (χ1) is 15.6. The van der Waals surface area contributed by atoms with E-state index < -0.39 is 6.04 Å². The van der Waals surface area contributed by atoms with Crippen molar-refractivity contribution in [3.63, 3.8) is 0 Å². The zero-order valence-electron chi connectivity index (χ0n) is 17.9. The number of aryl methyl sites for hydroxylation is 1. The Balaban J connectivity index is 1.28. The number of likely N-dealkylation sites (tertiary alicyclic amines) is 1. The number of amides is 2. The molecule has 1 aliphatic heterocycles. The molecule has 5 rings (SSSR count). The Bertz CT molecular complexity index is 1290. The van der Waals surface area contributed by atoms with Gasteiger partial charge in [-0.3, -0.25) is 14.3 Å². The Kier molecular flexibility index (Phi) is 5.23. The van der Waals surface area contributed by atoms with E-state index in [2.05, 4.69) is 34.5 Å². The number of para-hydroxylation sites is 1. The van der Waals surface area contributed by atoms with E-state index in [0.29, 0.717) is 31.6 Å². The molecule has 7 heteroatoms. The average Bonchev–Trinajstić information content (AvgIpc) is 3.50. The molecule has 32 heavy (non-hydrogen) atoms. The summed E-state index contributed by atoms with van der Waals surface area (Å²) in [7, 11) is 0. The van der Waals surface area contributed by atoms with Crippen molar-refractivity contribution in [3.8, 4) is 0 Å². The van der Waals surface area contributed by atoms with Gasteiger partial charge in [0.2, 0.25) is 11.8 Å². The maximum Gasteiger partial charge on any atom is 0.247 e. The molecule has 0 aliphatic carbocycles. The number of fused-ring (bicyclic) bond motifs is 1. The Morgan fingerprint density at radius 3 is 2.81 bits per heavy atom. The molecule has 2 amide bonds. The lowest BCUT2D eigenvalue weighted by Gasteiger charge is -2.23. The van der Waals surface area contributed by atoms with Crippen molar-refractivity contribution in [2.75, 3.05) is 5.32 Å². The minimum atomic E-state index is -0.490. The molecule has 1 saturated heterocycles. The van der Waals surface area contributed by atoms with E-state index in [9.17, 15) is 9.59 Å². The lowest BCUT2D eigenvalue weighted by atomic mass is 10.1. The van der Waals surface area contributed by atoms with Crippen LogP contribution < -0.4 is 5.32 Å². The second-order valence-corrected chi connectivity index (χ2v) is 8.28. The van der Waals surface area contributed by atoms with Crippen LogP contribution in [0.5, 0.6) is 0 Å². The largest absolute Gasteiger partial charge is 0.361 e. The molecule has 2 aromatic heterocycles. The smallest absolute Gasteiger partial charge is 0.247 e. The molecule has 0 radical (unpaired) electrons. The zero-order chi connectivity index (χ0) is 22.1. The standard InChI is InChI=1S/C25H25N5O2/c1-17-6-2-3-7-18(17)14-29-16-20(13-27-29)28-25(32)23-10-11-24(31)30(23)15-19-12-26-22-9-5-4-8-21(19)22/h2-9,12-13,16,23,26H,10-11,14-15H2,1H3,(H,28,32). The van der Waals surface area contributed by atoms with Crippen molar-refractivity contribution in [1.29, 1.82) is 0 Å². The predicted molar refractivity (Wildman–Crippen MR) is 123 cm³/mol. The van der Waals surface area contributed by atoms with Gasteiger partial charge in [-0.15, -0.1) is 0 Å². The van der Waals surface area contributed by atoms with Crippen molar-refractivity contribution < 1.29 is 9.59 Å². The summed E-state index contributed by atoms with van der Waals surface area (Å²) in [5.74, 6) is -0.170. The van der Waals surface area contributed by atoms with Crippen molar-refractivity contribution in [3.05, 3.63) is 83.8 Å². The molecule has 162 valence electrons. The summed E-state index contributed by atoms with van der Waals surface area (Å²) in [6.07, 6.45) is 6.29. The summed E-state index contributed by atoms with van der Waals surface area (Å²) in [4.78, 5) is 30.5. The van der Waals surface area contributed by atoms with Crippen LogP contribution in [0.3, 0.4) is 0 Å². The Morgan fingerprint density at radius 1 is 1.12 bits per heavy atom. The number of rotatable bonds is 6. The fourth-order valence-electron chi connectivity index (χ4n) is 4.35. The number of carbonyl (C=O) groups is 2. The van der Waals surface area contributed by atoms with Crippen LogP contribution in [-0.4, -0.2) is 37.5 Å². The molecule has 4 aromatic rings. The second kappa shape index (κ2) is 8.34. The number of benzene rings is 2. The maximum absolute atomic E-state index is 13.0. The fourth-order valence-corrected chi connectivity index (χ4v) is 4.35. The molecule has 0 bridgehead atoms. The number of H-pyrrole nitrogens is 1. The molecule has 7 nitrogen and oxygen atoms in total. The van der Waals surface area contributed by atoms with Crippen LogP contribution in [-0.2, 0) is 22.7 Å². The highest BCUT2D eigenvalue weighted by Gasteiger charge is 2.36. The van der Waals surface area contributed by atoms with E-state index in [1.165, 1.54) is 11.1 Å². The van der Waals surface area contributed by atoms with Crippen LogP contribution in [0.25, 0.3) is 10.9 Å². The van der Waals surface area contributed by atoms with E-state index in [1.807, 2.05) is 53.5 Å². The van der Waals surface area contributed by atoms with E-state index in [1.54, 1.807) is 11.1 Å². The third kappa shape index (κ3) is 3.89. The van der Waals surface area contributed by atoms with Crippen molar-refractivity contribution in [2.45, 2.75) is 38.9 Å². The van der Waals surface area contributed by atoms with Gasteiger partial charge < -0.3 is 15.2 Å². The molecule has 1 aliphatic rings. The summed E-state index contributed by atoms with van der Waals surface area (Å²) in [6.45, 7) is 3.12. The predicted octanol–water partition coefficient (Wildman–Crippen LogP) is 3.85. The number of aromatic nitrogens is 3. The summed E-state index contributed by atoms with van der Waals surface area (Å²) >= 11 is 0. The van der Waals surface area contributed by atoms with E-state index in [-0.39, 0.29) is 11.8 Å². The minimum absolute atomic E-state index is 0.00526. The molecule has 1 atom stereocenters. The minimum Gasteiger partial charge on any atom is -0.361 e. The van der Waals surface area contributed by atoms with Crippen LogP contribution in [0.15, 0.2) is 67.1 Å². The Hall–Kier alpha value is -3.87. The first-order valence-corrected chi connectivity index (χ1v) is 10.8. The van der Waals surface area contributed by atoms with E-state index in [4.69, 9.17) is 0 Å². The monoisotopic (exact) mass is 427 g/mol. The Labute approximate surface area is 186 Å². The van der Waals surface area contributed by atoms with Gasteiger partial charge in [0.25, 0.3) is 0 Å². The number of nitrogens with zero attached hydrogens (tertiary/aromatic N) is 3. The lowest BCUT2D eigenvalue weighted by molar-refractivity contribution is -0.133.